The van der Waals surface area contributed by atoms with E-state index in [9.17, 15) is 5.26 Å². The summed E-state index contributed by atoms with van der Waals surface area (Å²) >= 11 is 0. The van der Waals surface area contributed by atoms with Gasteiger partial charge in [-0.15, -0.1) is 0 Å². The van der Waals surface area contributed by atoms with E-state index in [0.717, 1.165) is 33.0 Å². The molecule has 0 radical (unpaired) electrons. The van der Waals surface area contributed by atoms with Gasteiger partial charge < -0.3 is 13.9 Å². The fraction of sp³-hybridized carbons (Fsp3) is 0.240. The number of hydrogen-bond donors (Lipinski definition) is 0. The highest BCUT2D eigenvalue weighted by atomic mass is 16.7. The monoisotopic (exact) mass is 394 g/mol. The molecule has 5 rings (SSSR count). The molecule has 0 unspecified atom stereocenters. The second-order valence-corrected chi connectivity index (χ2v) is 8.81. The molecule has 1 aromatic heterocycles. The largest absolute Gasteiger partial charge is 0.496 e. The minimum atomic E-state index is -0.576. The van der Waals surface area contributed by atoms with Crippen LogP contribution in [0, 0.1) is 11.3 Å². The quantitative estimate of drug-likeness (QED) is 0.452. The molecule has 0 bridgehead atoms. The van der Waals surface area contributed by atoms with Crippen molar-refractivity contribution in [3.05, 3.63) is 72.3 Å². The van der Waals surface area contributed by atoms with Crippen LogP contribution in [0.3, 0.4) is 0 Å². The lowest BCUT2D eigenvalue weighted by Gasteiger charge is -2.32. The average molecular weight is 394 g/mol. The summed E-state index contributed by atoms with van der Waals surface area (Å²) in [6.45, 7) is 8.11. The number of aromatic nitrogens is 1. The van der Waals surface area contributed by atoms with Gasteiger partial charge in [-0.25, -0.2) is 0 Å². The van der Waals surface area contributed by atoms with Crippen molar-refractivity contribution in [1.29, 1.82) is 5.26 Å². The summed E-state index contributed by atoms with van der Waals surface area (Å²) in [6, 6.07) is 24.9. The van der Waals surface area contributed by atoms with E-state index < -0.39 is 18.3 Å². The first-order chi connectivity index (χ1) is 14.3. The normalized spacial score (nSPS) is 17.5. The second-order valence-electron chi connectivity index (χ2n) is 8.81. The number of benzene rings is 3. The predicted molar refractivity (Wildman–Crippen MR) is 121 cm³/mol. The molecule has 30 heavy (non-hydrogen) atoms. The van der Waals surface area contributed by atoms with Gasteiger partial charge in [-0.1, -0.05) is 42.5 Å². The van der Waals surface area contributed by atoms with E-state index in [-0.39, 0.29) is 0 Å². The molecule has 148 valence electrons. The average Bonchev–Trinajstić information content (AvgIpc) is 3.18. The molecule has 3 aromatic carbocycles. The Hall–Kier alpha value is -3.07. The molecule has 1 saturated heterocycles. The lowest BCUT2D eigenvalue weighted by Crippen LogP contribution is -2.41. The fourth-order valence-electron chi connectivity index (χ4n) is 4.22. The maximum absolute atomic E-state index is 10.2. The van der Waals surface area contributed by atoms with Crippen LogP contribution in [0.15, 0.2) is 66.7 Å². The number of fused-ring (bicyclic) bond motifs is 3. The number of nitrogens with zero attached hydrogens (tertiary/aromatic N) is 2. The Morgan fingerprint density at radius 2 is 1.43 bits per heavy atom. The molecule has 0 N–H and O–H groups in total. The Balaban J connectivity index is 1.81. The van der Waals surface area contributed by atoms with Crippen molar-refractivity contribution in [2.45, 2.75) is 38.9 Å². The summed E-state index contributed by atoms with van der Waals surface area (Å²) in [6.07, 6.45) is 0. The van der Waals surface area contributed by atoms with Crippen molar-refractivity contribution in [3.63, 3.8) is 0 Å². The van der Waals surface area contributed by atoms with Gasteiger partial charge >= 0.3 is 7.12 Å². The summed E-state index contributed by atoms with van der Waals surface area (Å²) in [4.78, 5) is 0. The zero-order valence-electron chi connectivity index (χ0n) is 17.6. The molecule has 0 atom stereocenters. The van der Waals surface area contributed by atoms with Gasteiger partial charge in [-0.05, 0) is 52.0 Å². The van der Waals surface area contributed by atoms with Gasteiger partial charge in [0.25, 0.3) is 0 Å². The third kappa shape index (κ3) is 2.61. The van der Waals surface area contributed by atoms with E-state index >= 15 is 0 Å². The predicted octanol–water partition coefficient (Wildman–Crippen LogP) is 4.95. The maximum Gasteiger partial charge on any atom is 0.496 e. The van der Waals surface area contributed by atoms with Crippen LogP contribution in [0.4, 0.5) is 0 Å². The summed E-state index contributed by atoms with van der Waals surface area (Å²) < 4.78 is 14.7. The SMILES string of the molecule is CC1(C)OB(c2ccc3c(c2C#N)c2ccccc2n3-c2ccccc2)OC1(C)C. The summed E-state index contributed by atoms with van der Waals surface area (Å²) in [5, 5.41) is 12.2. The van der Waals surface area contributed by atoms with E-state index in [1.54, 1.807) is 0 Å². The molecule has 0 saturated carbocycles. The van der Waals surface area contributed by atoms with E-state index in [1.165, 1.54) is 0 Å². The Labute approximate surface area is 176 Å². The van der Waals surface area contributed by atoms with Gasteiger partial charge in [0.05, 0.1) is 33.9 Å². The third-order valence-electron chi connectivity index (χ3n) is 6.50. The minimum absolute atomic E-state index is 0.461. The first-order valence-corrected chi connectivity index (χ1v) is 10.2. The molecule has 2 heterocycles. The standard InChI is InChI=1S/C25H23BN2O2/c1-24(2)25(3,4)30-26(29-24)20-14-15-22-23(19(20)16-27)18-12-8-9-13-21(18)28(22)17-10-6-5-7-11-17/h5-15H,1-4H3. The molecule has 4 nitrogen and oxygen atoms in total. The van der Waals surface area contributed by atoms with Crippen molar-refractivity contribution >= 4 is 34.4 Å². The van der Waals surface area contributed by atoms with Crippen LogP contribution >= 0.6 is 0 Å². The highest BCUT2D eigenvalue weighted by molar-refractivity contribution is 6.63. The van der Waals surface area contributed by atoms with Crippen LogP contribution in [0.1, 0.15) is 33.3 Å². The Morgan fingerprint density at radius 3 is 2.10 bits per heavy atom. The number of nitriles is 1. The van der Waals surface area contributed by atoms with Crippen LogP contribution in [0.5, 0.6) is 0 Å². The molecule has 5 heteroatoms. The van der Waals surface area contributed by atoms with Gasteiger partial charge in [0.1, 0.15) is 0 Å². The maximum atomic E-state index is 10.2. The van der Waals surface area contributed by atoms with Crippen molar-refractivity contribution in [2.75, 3.05) is 0 Å². The highest BCUT2D eigenvalue weighted by Gasteiger charge is 2.52. The molecular weight excluding hydrogens is 371 g/mol. The molecule has 1 aliphatic heterocycles. The van der Waals surface area contributed by atoms with E-state index in [0.29, 0.717) is 5.56 Å². The van der Waals surface area contributed by atoms with Crippen LogP contribution in [-0.2, 0) is 9.31 Å². The Kier molecular flexibility index (Phi) is 4.08. The molecule has 0 spiro atoms. The van der Waals surface area contributed by atoms with Crippen molar-refractivity contribution in [1.82, 2.24) is 4.57 Å². The highest BCUT2D eigenvalue weighted by Crippen LogP contribution is 2.38. The van der Waals surface area contributed by atoms with Gasteiger partial charge in [0.2, 0.25) is 0 Å². The van der Waals surface area contributed by atoms with Crippen LogP contribution in [-0.4, -0.2) is 22.9 Å². The van der Waals surface area contributed by atoms with Crippen molar-refractivity contribution in [3.8, 4) is 11.8 Å². The first-order valence-electron chi connectivity index (χ1n) is 10.2. The van der Waals surface area contributed by atoms with Crippen LogP contribution in [0.2, 0.25) is 0 Å². The van der Waals surface area contributed by atoms with Crippen LogP contribution in [0.25, 0.3) is 27.5 Å². The van der Waals surface area contributed by atoms with E-state index in [2.05, 4.69) is 41.0 Å². The smallest absolute Gasteiger partial charge is 0.399 e. The van der Waals surface area contributed by atoms with E-state index in [1.807, 2.05) is 64.1 Å². The van der Waals surface area contributed by atoms with Gasteiger partial charge in [0, 0.05) is 21.9 Å². The zero-order valence-corrected chi connectivity index (χ0v) is 17.6. The number of para-hydroxylation sites is 2. The summed E-state index contributed by atoms with van der Waals surface area (Å²) in [5.74, 6) is 0. The number of hydrogen-bond acceptors (Lipinski definition) is 3. The van der Waals surface area contributed by atoms with Crippen molar-refractivity contribution < 1.29 is 9.31 Å². The molecule has 4 aromatic rings. The Morgan fingerprint density at radius 1 is 0.800 bits per heavy atom. The second kappa shape index (κ2) is 6.47. The summed E-state index contributed by atoms with van der Waals surface area (Å²) in [5.41, 5.74) is 3.60. The van der Waals surface area contributed by atoms with E-state index in [4.69, 9.17) is 9.31 Å². The summed E-state index contributed by atoms with van der Waals surface area (Å²) in [7, 11) is -0.576. The molecule has 1 fully saturated rings. The zero-order chi connectivity index (χ0) is 21.1. The molecule has 0 aliphatic carbocycles. The lowest BCUT2D eigenvalue weighted by atomic mass is 9.75. The van der Waals surface area contributed by atoms with Gasteiger partial charge in [-0.2, -0.15) is 5.26 Å². The van der Waals surface area contributed by atoms with Crippen LogP contribution < -0.4 is 5.46 Å². The van der Waals surface area contributed by atoms with Gasteiger partial charge in [-0.3, -0.25) is 0 Å². The molecule has 0 amide bonds. The fourth-order valence-corrected chi connectivity index (χ4v) is 4.22. The molecular formula is C25H23BN2O2. The van der Waals surface area contributed by atoms with Gasteiger partial charge in [0.15, 0.2) is 0 Å². The molecule has 1 aliphatic rings. The van der Waals surface area contributed by atoms with Crippen molar-refractivity contribution in [2.24, 2.45) is 0 Å². The topological polar surface area (TPSA) is 47.2 Å². The minimum Gasteiger partial charge on any atom is -0.399 e. The number of rotatable bonds is 2. The lowest BCUT2D eigenvalue weighted by molar-refractivity contribution is 0.00578. The Bertz CT molecular complexity index is 1300. The first kappa shape index (κ1) is 18.9. The third-order valence-corrected chi connectivity index (χ3v) is 6.50.